The second-order valence-corrected chi connectivity index (χ2v) is 3.91. The SMILES string of the molecule is Nc1cccnc1N1C[C@H]2C[C@H]1CO2. The van der Waals surface area contributed by atoms with Crippen LogP contribution in [0.4, 0.5) is 11.5 Å². The third-order valence-corrected chi connectivity index (χ3v) is 2.99. The molecule has 0 unspecified atom stereocenters. The van der Waals surface area contributed by atoms with E-state index >= 15 is 0 Å². The van der Waals surface area contributed by atoms with Crippen molar-refractivity contribution in [2.75, 3.05) is 23.8 Å². The van der Waals surface area contributed by atoms with Crippen LogP contribution in [0.3, 0.4) is 0 Å². The monoisotopic (exact) mass is 191 g/mol. The van der Waals surface area contributed by atoms with Gasteiger partial charge in [0, 0.05) is 12.7 Å². The fraction of sp³-hybridized carbons (Fsp3) is 0.500. The van der Waals surface area contributed by atoms with Gasteiger partial charge >= 0.3 is 0 Å². The summed E-state index contributed by atoms with van der Waals surface area (Å²) in [6, 6.07) is 4.25. The maximum Gasteiger partial charge on any atom is 0.152 e. The molecule has 3 heterocycles. The van der Waals surface area contributed by atoms with Gasteiger partial charge in [-0.2, -0.15) is 0 Å². The lowest BCUT2D eigenvalue weighted by atomic mass is 10.2. The molecule has 0 aromatic carbocycles. The van der Waals surface area contributed by atoms with E-state index in [4.69, 9.17) is 10.5 Å². The van der Waals surface area contributed by atoms with Crippen molar-refractivity contribution in [2.24, 2.45) is 0 Å². The van der Waals surface area contributed by atoms with Crippen molar-refractivity contribution >= 4 is 11.5 Å². The number of hydrogen-bond acceptors (Lipinski definition) is 4. The summed E-state index contributed by atoms with van der Waals surface area (Å²) < 4.78 is 5.53. The summed E-state index contributed by atoms with van der Waals surface area (Å²) in [5.74, 6) is 0.920. The number of anilines is 2. The van der Waals surface area contributed by atoms with E-state index in [1.807, 2.05) is 12.1 Å². The van der Waals surface area contributed by atoms with Gasteiger partial charge in [0.05, 0.1) is 24.4 Å². The molecule has 14 heavy (non-hydrogen) atoms. The Balaban J connectivity index is 1.93. The molecule has 0 saturated carbocycles. The molecule has 2 N–H and O–H groups in total. The van der Waals surface area contributed by atoms with Gasteiger partial charge in [-0.1, -0.05) is 0 Å². The Bertz CT molecular complexity index is 355. The number of nitrogens with zero attached hydrogens (tertiary/aromatic N) is 2. The van der Waals surface area contributed by atoms with E-state index in [2.05, 4.69) is 9.88 Å². The number of fused-ring (bicyclic) bond motifs is 2. The zero-order valence-electron chi connectivity index (χ0n) is 7.89. The molecule has 4 heteroatoms. The Labute approximate surface area is 82.7 Å². The van der Waals surface area contributed by atoms with Crippen molar-refractivity contribution in [3.05, 3.63) is 18.3 Å². The van der Waals surface area contributed by atoms with E-state index in [0.29, 0.717) is 12.1 Å². The number of rotatable bonds is 1. The molecule has 2 saturated heterocycles. The summed E-state index contributed by atoms with van der Waals surface area (Å²) >= 11 is 0. The van der Waals surface area contributed by atoms with E-state index in [0.717, 1.165) is 31.1 Å². The van der Waals surface area contributed by atoms with Crippen LogP contribution in [-0.2, 0) is 4.74 Å². The minimum atomic E-state index is 0.390. The standard InChI is InChI=1S/C10H13N3O/c11-9-2-1-3-12-10(9)13-5-8-4-7(13)6-14-8/h1-3,7-8H,4-6,11H2/t7-,8+/m0/s1. The number of hydrogen-bond donors (Lipinski definition) is 1. The van der Waals surface area contributed by atoms with Crippen molar-refractivity contribution in [1.29, 1.82) is 0 Å². The number of pyridine rings is 1. The average molecular weight is 191 g/mol. The Kier molecular flexibility index (Phi) is 1.64. The predicted molar refractivity (Wildman–Crippen MR) is 54.1 cm³/mol. The predicted octanol–water partition coefficient (Wildman–Crippen LogP) is 0.641. The van der Waals surface area contributed by atoms with Gasteiger partial charge in [0.25, 0.3) is 0 Å². The van der Waals surface area contributed by atoms with Crippen LogP contribution in [0.1, 0.15) is 6.42 Å². The first-order valence-corrected chi connectivity index (χ1v) is 4.93. The van der Waals surface area contributed by atoms with Crippen LogP contribution in [-0.4, -0.2) is 30.3 Å². The first kappa shape index (κ1) is 8.05. The summed E-state index contributed by atoms with van der Waals surface area (Å²) in [5.41, 5.74) is 6.65. The van der Waals surface area contributed by atoms with Gasteiger partial charge in [-0.3, -0.25) is 0 Å². The lowest BCUT2D eigenvalue weighted by Crippen LogP contribution is -2.37. The van der Waals surface area contributed by atoms with Crippen LogP contribution in [0.25, 0.3) is 0 Å². The molecule has 0 spiro atoms. The van der Waals surface area contributed by atoms with E-state index in [1.165, 1.54) is 0 Å². The van der Waals surface area contributed by atoms with Crippen LogP contribution >= 0.6 is 0 Å². The number of ether oxygens (including phenoxy) is 1. The molecule has 2 aliphatic rings. The molecule has 4 nitrogen and oxygen atoms in total. The number of morpholine rings is 1. The minimum absolute atomic E-state index is 0.390. The van der Waals surface area contributed by atoms with Crippen molar-refractivity contribution in [3.8, 4) is 0 Å². The summed E-state index contributed by atoms with van der Waals surface area (Å²) in [4.78, 5) is 6.59. The van der Waals surface area contributed by atoms with Crippen molar-refractivity contribution in [1.82, 2.24) is 4.98 Å². The molecule has 2 fully saturated rings. The van der Waals surface area contributed by atoms with Crippen LogP contribution in [0.15, 0.2) is 18.3 Å². The Morgan fingerprint density at radius 2 is 2.50 bits per heavy atom. The minimum Gasteiger partial charge on any atom is -0.396 e. The molecule has 1 aromatic rings. The second kappa shape index (κ2) is 2.85. The van der Waals surface area contributed by atoms with Crippen LogP contribution in [0.2, 0.25) is 0 Å². The summed E-state index contributed by atoms with van der Waals surface area (Å²) in [6.07, 6.45) is 3.30. The molecular weight excluding hydrogens is 178 g/mol. The zero-order valence-corrected chi connectivity index (χ0v) is 7.89. The van der Waals surface area contributed by atoms with Crippen LogP contribution in [0, 0.1) is 0 Å². The maximum atomic E-state index is 5.89. The van der Waals surface area contributed by atoms with Crippen molar-refractivity contribution < 1.29 is 4.74 Å². The van der Waals surface area contributed by atoms with E-state index in [9.17, 15) is 0 Å². The second-order valence-electron chi connectivity index (χ2n) is 3.91. The third-order valence-electron chi connectivity index (χ3n) is 2.99. The number of nitrogen functional groups attached to an aromatic ring is 1. The molecule has 3 rings (SSSR count). The van der Waals surface area contributed by atoms with Crippen molar-refractivity contribution in [3.63, 3.8) is 0 Å². The van der Waals surface area contributed by atoms with Crippen LogP contribution in [0.5, 0.6) is 0 Å². The Morgan fingerprint density at radius 3 is 3.14 bits per heavy atom. The lowest BCUT2D eigenvalue weighted by molar-refractivity contribution is 0.0989. The highest BCUT2D eigenvalue weighted by Crippen LogP contribution is 2.33. The highest BCUT2D eigenvalue weighted by Gasteiger charge is 2.40. The molecule has 0 radical (unpaired) electrons. The van der Waals surface area contributed by atoms with E-state index < -0.39 is 0 Å². The van der Waals surface area contributed by atoms with Gasteiger partial charge in [-0.05, 0) is 18.6 Å². The summed E-state index contributed by atoms with van der Waals surface area (Å²) in [5, 5.41) is 0. The molecular formula is C10H13N3O. The molecule has 2 bridgehead atoms. The highest BCUT2D eigenvalue weighted by molar-refractivity contribution is 5.63. The fourth-order valence-electron chi connectivity index (χ4n) is 2.31. The van der Waals surface area contributed by atoms with Gasteiger partial charge in [0.15, 0.2) is 5.82 Å². The summed E-state index contributed by atoms with van der Waals surface area (Å²) in [7, 11) is 0. The van der Waals surface area contributed by atoms with Gasteiger partial charge in [0.2, 0.25) is 0 Å². The number of nitrogens with two attached hydrogens (primary N) is 1. The molecule has 1 aromatic heterocycles. The lowest BCUT2D eigenvalue weighted by Gasteiger charge is -2.28. The molecule has 0 amide bonds. The van der Waals surface area contributed by atoms with Gasteiger partial charge in [-0.15, -0.1) is 0 Å². The summed E-state index contributed by atoms with van der Waals surface area (Å²) in [6.45, 7) is 1.76. The normalized spacial score (nSPS) is 29.9. The Morgan fingerprint density at radius 1 is 1.57 bits per heavy atom. The molecule has 0 aliphatic carbocycles. The van der Waals surface area contributed by atoms with E-state index in [-0.39, 0.29) is 0 Å². The van der Waals surface area contributed by atoms with Crippen molar-refractivity contribution in [2.45, 2.75) is 18.6 Å². The largest absolute Gasteiger partial charge is 0.396 e. The average Bonchev–Trinajstić information content (AvgIpc) is 2.79. The smallest absolute Gasteiger partial charge is 0.152 e. The number of aromatic nitrogens is 1. The first-order valence-electron chi connectivity index (χ1n) is 4.93. The van der Waals surface area contributed by atoms with Gasteiger partial charge in [-0.25, -0.2) is 4.98 Å². The highest BCUT2D eigenvalue weighted by atomic mass is 16.5. The van der Waals surface area contributed by atoms with Gasteiger partial charge < -0.3 is 15.4 Å². The topological polar surface area (TPSA) is 51.4 Å². The Hall–Kier alpha value is -1.29. The molecule has 2 aliphatic heterocycles. The third kappa shape index (κ3) is 1.07. The quantitative estimate of drug-likeness (QED) is 0.707. The first-order chi connectivity index (χ1) is 6.84. The van der Waals surface area contributed by atoms with Crippen LogP contribution < -0.4 is 10.6 Å². The fourth-order valence-corrected chi connectivity index (χ4v) is 2.31. The molecule has 2 atom stereocenters. The van der Waals surface area contributed by atoms with Gasteiger partial charge in [0.1, 0.15) is 0 Å². The zero-order chi connectivity index (χ0) is 9.54. The molecule has 74 valence electrons. The maximum absolute atomic E-state index is 5.89. The van der Waals surface area contributed by atoms with E-state index in [1.54, 1.807) is 6.20 Å².